The molecule has 0 heterocycles. The first-order valence-corrected chi connectivity index (χ1v) is 8.55. The summed E-state index contributed by atoms with van der Waals surface area (Å²) in [7, 11) is 1.53. The van der Waals surface area contributed by atoms with Crippen molar-refractivity contribution in [3.63, 3.8) is 0 Å². The molecule has 1 N–H and O–H groups in total. The van der Waals surface area contributed by atoms with Crippen molar-refractivity contribution in [2.24, 2.45) is 0 Å². The van der Waals surface area contributed by atoms with Crippen LogP contribution in [0, 0.1) is 11.3 Å². The first-order chi connectivity index (χ1) is 13.1. The molecule has 0 aliphatic rings. The van der Waals surface area contributed by atoms with E-state index in [1.54, 1.807) is 24.3 Å². The average Bonchev–Trinajstić information content (AvgIpc) is 2.71. The molecular weight excluding hydrogens is 340 g/mol. The number of nitrogens with one attached hydrogen (secondary N) is 1. The van der Waals surface area contributed by atoms with Crippen molar-refractivity contribution in [1.29, 1.82) is 5.26 Å². The van der Waals surface area contributed by atoms with Gasteiger partial charge in [0.2, 0.25) is 0 Å². The minimum absolute atomic E-state index is 0.00335. The minimum Gasteiger partial charge on any atom is -0.493 e. The van der Waals surface area contributed by atoms with Crippen LogP contribution in [0.3, 0.4) is 0 Å². The van der Waals surface area contributed by atoms with E-state index in [2.05, 4.69) is 18.8 Å². The number of ether oxygens (including phenoxy) is 2. The van der Waals surface area contributed by atoms with Crippen molar-refractivity contribution in [3.05, 3.63) is 71.8 Å². The summed E-state index contributed by atoms with van der Waals surface area (Å²) in [6.45, 7) is 6.02. The molecular formula is C22H22N2O3. The maximum atomic E-state index is 12.4. The van der Waals surface area contributed by atoms with Gasteiger partial charge in [0.05, 0.1) is 7.11 Å². The van der Waals surface area contributed by atoms with Crippen LogP contribution in [0.4, 0.5) is 5.69 Å². The Morgan fingerprint density at radius 1 is 1.22 bits per heavy atom. The van der Waals surface area contributed by atoms with E-state index in [1.807, 2.05) is 30.3 Å². The molecule has 5 nitrogen and oxygen atoms in total. The second-order valence-electron chi connectivity index (χ2n) is 5.68. The molecule has 0 aliphatic heterocycles. The fourth-order valence-corrected chi connectivity index (χ4v) is 2.38. The van der Waals surface area contributed by atoms with Gasteiger partial charge in [0, 0.05) is 5.69 Å². The Kier molecular flexibility index (Phi) is 7.21. The van der Waals surface area contributed by atoms with Gasteiger partial charge in [-0.1, -0.05) is 37.8 Å². The second-order valence-corrected chi connectivity index (χ2v) is 5.68. The maximum absolute atomic E-state index is 12.4. The zero-order valence-electron chi connectivity index (χ0n) is 15.5. The van der Waals surface area contributed by atoms with E-state index >= 15 is 0 Å². The molecule has 0 bridgehead atoms. The summed E-state index contributed by atoms with van der Waals surface area (Å²) in [5.74, 6) is 0.611. The lowest BCUT2D eigenvalue weighted by Crippen LogP contribution is -2.13. The number of rotatable bonds is 8. The first-order valence-electron chi connectivity index (χ1n) is 8.55. The summed E-state index contributed by atoms with van der Waals surface area (Å²) in [5.41, 5.74) is 2.47. The number of hydrogen-bond acceptors (Lipinski definition) is 4. The predicted octanol–water partition coefficient (Wildman–Crippen LogP) is 4.37. The van der Waals surface area contributed by atoms with Crippen LogP contribution in [0.25, 0.3) is 6.08 Å². The Morgan fingerprint density at radius 2 is 1.96 bits per heavy atom. The number of nitrogens with zero attached hydrogens (tertiary/aromatic N) is 1. The van der Waals surface area contributed by atoms with Gasteiger partial charge in [0.25, 0.3) is 5.91 Å². The van der Waals surface area contributed by atoms with Gasteiger partial charge in [-0.3, -0.25) is 4.79 Å². The lowest BCUT2D eigenvalue weighted by Gasteiger charge is -2.10. The molecule has 138 valence electrons. The zero-order valence-corrected chi connectivity index (χ0v) is 15.5. The molecule has 2 aromatic rings. The second kappa shape index (κ2) is 9.83. The molecule has 0 fully saturated rings. The summed E-state index contributed by atoms with van der Waals surface area (Å²) in [6.07, 6.45) is 4.07. The highest BCUT2D eigenvalue weighted by Crippen LogP contribution is 2.29. The number of methoxy groups -OCH3 is 1. The average molecular weight is 362 g/mol. The van der Waals surface area contributed by atoms with E-state index in [9.17, 15) is 10.1 Å². The molecule has 0 atom stereocenters. The summed E-state index contributed by atoms with van der Waals surface area (Å²) in [4.78, 5) is 12.4. The number of anilines is 1. The van der Waals surface area contributed by atoms with Crippen molar-refractivity contribution >= 4 is 17.7 Å². The zero-order chi connectivity index (χ0) is 19.6. The van der Waals surface area contributed by atoms with Crippen LogP contribution in [0.5, 0.6) is 11.5 Å². The number of amides is 1. The third-order valence-corrected chi connectivity index (χ3v) is 3.84. The van der Waals surface area contributed by atoms with Crippen molar-refractivity contribution in [2.45, 2.75) is 13.3 Å². The van der Waals surface area contributed by atoms with Gasteiger partial charge in [-0.2, -0.15) is 5.26 Å². The van der Waals surface area contributed by atoms with Crippen molar-refractivity contribution in [2.75, 3.05) is 19.0 Å². The van der Waals surface area contributed by atoms with E-state index in [4.69, 9.17) is 9.47 Å². The maximum Gasteiger partial charge on any atom is 0.266 e. The largest absolute Gasteiger partial charge is 0.493 e. The fraction of sp³-hybridized carbons (Fsp3) is 0.182. The SMILES string of the molecule is C=CCOc1ccc(/C=C(/C#N)C(=O)Nc2ccc(CC)cc2)cc1OC. The highest BCUT2D eigenvalue weighted by atomic mass is 16.5. The van der Waals surface area contributed by atoms with E-state index in [0.29, 0.717) is 29.4 Å². The first kappa shape index (κ1) is 19.8. The van der Waals surface area contributed by atoms with Crippen LogP contribution in [0.1, 0.15) is 18.1 Å². The highest BCUT2D eigenvalue weighted by Gasteiger charge is 2.11. The molecule has 0 radical (unpaired) electrons. The fourth-order valence-electron chi connectivity index (χ4n) is 2.38. The molecule has 0 saturated carbocycles. The molecule has 5 heteroatoms. The summed E-state index contributed by atoms with van der Waals surface area (Å²) < 4.78 is 10.8. The number of carbonyl (C=O) groups excluding carboxylic acids is 1. The molecule has 2 aromatic carbocycles. The Balaban J connectivity index is 2.19. The van der Waals surface area contributed by atoms with Gasteiger partial charge in [-0.05, 0) is 47.9 Å². The molecule has 0 spiro atoms. The van der Waals surface area contributed by atoms with Gasteiger partial charge in [-0.25, -0.2) is 0 Å². The topological polar surface area (TPSA) is 71.3 Å². The Bertz CT molecular complexity index is 877. The number of hydrogen-bond donors (Lipinski definition) is 1. The lowest BCUT2D eigenvalue weighted by molar-refractivity contribution is -0.112. The standard InChI is InChI=1S/C22H22N2O3/c1-4-12-27-20-11-8-17(14-21(20)26-3)13-18(15-23)22(25)24-19-9-6-16(5-2)7-10-19/h4,6-11,13-14H,1,5,12H2,2-3H3,(H,24,25)/b18-13-. The van der Waals surface area contributed by atoms with Gasteiger partial charge in [0.1, 0.15) is 18.2 Å². The van der Waals surface area contributed by atoms with Gasteiger partial charge in [-0.15, -0.1) is 0 Å². The quantitative estimate of drug-likeness (QED) is 0.430. The molecule has 27 heavy (non-hydrogen) atoms. The molecule has 2 rings (SSSR count). The molecule has 0 unspecified atom stereocenters. The van der Waals surface area contributed by atoms with E-state index < -0.39 is 5.91 Å². The molecule has 0 aliphatic carbocycles. The van der Waals surface area contributed by atoms with Gasteiger partial charge in [0.15, 0.2) is 11.5 Å². The number of carbonyl (C=O) groups is 1. The summed E-state index contributed by atoms with van der Waals surface area (Å²) in [5, 5.41) is 12.1. The van der Waals surface area contributed by atoms with Crippen LogP contribution in [0.15, 0.2) is 60.7 Å². The van der Waals surface area contributed by atoms with Gasteiger partial charge >= 0.3 is 0 Å². The third-order valence-electron chi connectivity index (χ3n) is 3.84. The van der Waals surface area contributed by atoms with E-state index in [0.717, 1.165) is 6.42 Å². The lowest BCUT2D eigenvalue weighted by atomic mass is 10.1. The smallest absolute Gasteiger partial charge is 0.266 e. The Morgan fingerprint density at radius 3 is 2.56 bits per heavy atom. The van der Waals surface area contributed by atoms with Gasteiger partial charge < -0.3 is 14.8 Å². The minimum atomic E-state index is -0.465. The van der Waals surface area contributed by atoms with Crippen molar-refractivity contribution in [1.82, 2.24) is 0 Å². The normalized spacial score (nSPS) is 10.6. The van der Waals surface area contributed by atoms with E-state index in [1.165, 1.54) is 18.7 Å². The predicted molar refractivity (Wildman–Crippen MR) is 107 cm³/mol. The molecule has 1 amide bonds. The number of aryl methyl sites for hydroxylation is 1. The number of benzene rings is 2. The van der Waals surface area contributed by atoms with Crippen LogP contribution in [-0.4, -0.2) is 19.6 Å². The van der Waals surface area contributed by atoms with E-state index in [-0.39, 0.29) is 5.57 Å². The number of nitriles is 1. The monoisotopic (exact) mass is 362 g/mol. The molecule has 0 saturated heterocycles. The van der Waals surface area contributed by atoms with Crippen LogP contribution >= 0.6 is 0 Å². The van der Waals surface area contributed by atoms with Crippen LogP contribution < -0.4 is 14.8 Å². The molecule has 0 aromatic heterocycles. The third kappa shape index (κ3) is 5.48. The highest BCUT2D eigenvalue weighted by molar-refractivity contribution is 6.09. The van der Waals surface area contributed by atoms with Crippen LogP contribution in [0.2, 0.25) is 0 Å². The summed E-state index contributed by atoms with van der Waals surface area (Å²) >= 11 is 0. The van der Waals surface area contributed by atoms with Crippen molar-refractivity contribution < 1.29 is 14.3 Å². The summed E-state index contributed by atoms with van der Waals surface area (Å²) in [6, 6.07) is 14.7. The Labute approximate surface area is 159 Å². The van der Waals surface area contributed by atoms with Crippen molar-refractivity contribution in [3.8, 4) is 17.6 Å². The Hall–Kier alpha value is -3.52. The van der Waals surface area contributed by atoms with Crippen LogP contribution in [-0.2, 0) is 11.2 Å².